The van der Waals surface area contributed by atoms with Crippen LogP contribution < -0.4 is 10.2 Å². The van der Waals surface area contributed by atoms with E-state index in [9.17, 15) is 0 Å². The van der Waals surface area contributed by atoms with Crippen molar-refractivity contribution in [1.29, 1.82) is 0 Å². The third-order valence-corrected chi connectivity index (χ3v) is 5.48. The van der Waals surface area contributed by atoms with Crippen molar-refractivity contribution in [1.82, 2.24) is 24.5 Å². The molecular weight excluding hydrogens is 338 g/mol. The number of anilines is 1. The lowest BCUT2D eigenvalue weighted by atomic mass is 10.3. The molecule has 0 radical (unpaired) electrons. The normalized spacial score (nSPS) is 23.2. The molecule has 0 spiro atoms. The molecule has 0 amide bonds. The van der Waals surface area contributed by atoms with Crippen LogP contribution in [0, 0.1) is 0 Å². The summed E-state index contributed by atoms with van der Waals surface area (Å²) >= 11 is 1.50. The van der Waals surface area contributed by atoms with E-state index < -0.39 is 0 Å². The van der Waals surface area contributed by atoms with Crippen molar-refractivity contribution < 1.29 is 4.74 Å². The van der Waals surface area contributed by atoms with Gasteiger partial charge in [0.25, 0.3) is 0 Å². The molecule has 1 aromatic heterocycles. The minimum absolute atomic E-state index is 0.227. The number of nitrogens with one attached hydrogen (secondary N) is 1. The molecule has 8 nitrogen and oxygen atoms in total. The first-order valence-corrected chi connectivity index (χ1v) is 9.80. The molecule has 1 unspecified atom stereocenters. The summed E-state index contributed by atoms with van der Waals surface area (Å²) in [6, 6.07) is 0. The van der Waals surface area contributed by atoms with Gasteiger partial charge in [0, 0.05) is 70.8 Å². The Labute approximate surface area is 154 Å². The highest BCUT2D eigenvalue weighted by molar-refractivity contribution is 7.09. The van der Waals surface area contributed by atoms with Crippen molar-refractivity contribution in [2.24, 2.45) is 4.99 Å². The first-order chi connectivity index (χ1) is 12.2. The summed E-state index contributed by atoms with van der Waals surface area (Å²) in [6.07, 6.45) is 1.12. The molecule has 140 valence electrons. The zero-order valence-electron chi connectivity index (χ0n) is 15.4. The van der Waals surface area contributed by atoms with Crippen molar-refractivity contribution in [3.63, 3.8) is 0 Å². The second-order valence-electron chi connectivity index (χ2n) is 6.50. The van der Waals surface area contributed by atoms with Gasteiger partial charge in [-0.3, -0.25) is 4.99 Å². The molecule has 3 heterocycles. The number of aliphatic imine (C=N–C) groups is 1. The lowest BCUT2D eigenvalue weighted by molar-refractivity contribution is -0.0163. The summed E-state index contributed by atoms with van der Waals surface area (Å²) in [7, 11) is 3.99. The van der Waals surface area contributed by atoms with Crippen LogP contribution in [0.2, 0.25) is 0 Å². The topological polar surface area (TPSA) is 69.1 Å². The highest BCUT2D eigenvalue weighted by atomic mass is 32.1. The number of rotatable bonds is 4. The zero-order valence-corrected chi connectivity index (χ0v) is 16.3. The van der Waals surface area contributed by atoms with Gasteiger partial charge in [0.15, 0.2) is 5.96 Å². The lowest BCUT2D eigenvalue weighted by Gasteiger charge is -2.37. The number of hydrogen-bond acceptors (Lipinski definition) is 7. The first kappa shape index (κ1) is 18.3. The van der Waals surface area contributed by atoms with Gasteiger partial charge in [-0.1, -0.05) is 6.92 Å². The molecule has 2 fully saturated rings. The maximum Gasteiger partial charge on any atom is 0.205 e. The predicted molar refractivity (Wildman–Crippen MR) is 102 cm³/mol. The Morgan fingerprint density at radius 2 is 2.12 bits per heavy atom. The third-order valence-electron chi connectivity index (χ3n) is 4.66. The molecular formula is C16H29N7OS. The molecule has 1 N–H and O–H groups in total. The Morgan fingerprint density at radius 1 is 1.32 bits per heavy atom. The fraction of sp³-hybridized carbons (Fsp3) is 0.812. The molecule has 1 atom stereocenters. The quantitative estimate of drug-likeness (QED) is 0.599. The van der Waals surface area contributed by atoms with Gasteiger partial charge in [0.2, 0.25) is 5.13 Å². The van der Waals surface area contributed by atoms with Crippen LogP contribution in [-0.2, 0) is 11.2 Å². The van der Waals surface area contributed by atoms with E-state index in [-0.39, 0.29) is 6.10 Å². The number of nitrogens with zero attached hydrogens (tertiary/aromatic N) is 6. The smallest absolute Gasteiger partial charge is 0.205 e. The second kappa shape index (κ2) is 8.77. The summed E-state index contributed by atoms with van der Waals surface area (Å²) in [5, 5.41) is 4.52. The highest BCUT2D eigenvalue weighted by Gasteiger charge is 2.23. The SMILES string of the molecule is CCc1nsc(N2CCN(C(=NC)NCC3CN(C)CCO3)CC2)n1. The summed E-state index contributed by atoms with van der Waals surface area (Å²) in [5.74, 6) is 1.90. The van der Waals surface area contributed by atoms with Crippen molar-refractivity contribution in [2.75, 3.05) is 71.4 Å². The standard InChI is InChI=1S/C16H29N7OS/c1-4-14-19-16(25-20-14)23-7-5-22(6-8-23)15(17-2)18-11-13-12-21(3)9-10-24-13/h13H,4-12H2,1-3H3,(H,17,18). The number of aromatic nitrogens is 2. The summed E-state index contributed by atoms with van der Waals surface area (Å²) in [4.78, 5) is 16.0. The minimum Gasteiger partial charge on any atom is -0.374 e. The molecule has 2 aliphatic heterocycles. The predicted octanol–water partition coefficient (Wildman–Crippen LogP) is 0.129. The Morgan fingerprint density at radius 3 is 2.76 bits per heavy atom. The van der Waals surface area contributed by atoms with Crippen molar-refractivity contribution >= 4 is 22.6 Å². The van der Waals surface area contributed by atoms with Gasteiger partial charge in [-0.15, -0.1) is 0 Å². The van der Waals surface area contributed by atoms with Gasteiger partial charge in [-0.05, 0) is 7.05 Å². The van der Waals surface area contributed by atoms with Crippen molar-refractivity contribution in [3.8, 4) is 0 Å². The number of hydrogen-bond donors (Lipinski definition) is 1. The molecule has 2 aliphatic rings. The van der Waals surface area contributed by atoms with E-state index in [2.05, 4.69) is 48.3 Å². The van der Waals surface area contributed by atoms with E-state index in [1.54, 1.807) is 0 Å². The van der Waals surface area contributed by atoms with Crippen LogP contribution in [0.5, 0.6) is 0 Å². The molecule has 3 rings (SSSR count). The average molecular weight is 368 g/mol. The van der Waals surface area contributed by atoms with Crippen molar-refractivity contribution in [2.45, 2.75) is 19.4 Å². The summed E-state index contributed by atoms with van der Waals surface area (Å²) in [6.45, 7) is 9.44. The van der Waals surface area contributed by atoms with Crippen LogP contribution in [0.1, 0.15) is 12.7 Å². The molecule has 0 aromatic carbocycles. The van der Waals surface area contributed by atoms with E-state index in [1.807, 2.05) is 7.05 Å². The maximum absolute atomic E-state index is 5.82. The van der Waals surface area contributed by atoms with Crippen LogP contribution in [-0.4, -0.2) is 97.7 Å². The Kier molecular flexibility index (Phi) is 6.44. The van der Waals surface area contributed by atoms with E-state index in [1.165, 1.54) is 11.5 Å². The highest BCUT2D eigenvalue weighted by Crippen LogP contribution is 2.19. The number of ether oxygens (including phenoxy) is 1. The van der Waals surface area contributed by atoms with Crippen LogP contribution in [0.15, 0.2) is 4.99 Å². The Balaban J connectivity index is 1.47. The van der Waals surface area contributed by atoms with E-state index in [4.69, 9.17) is 4.74 Å². The number of guanidine groups is 1. The monoisotopic (exact) mass is 367 g/mol. The van der Waals surface area contributed by atoms with Gasteiger partial charge in [-0.25, -0.2) is 4.98 Å². The fourth-order valence-corrected chi connectivity index (χ4v) is 3.96. The molecule has 25 heavy (non-hydrogen) atoms. The Bertz CT molecular complexity index is 571. The van der Waals surface area contributed by atoms with Gasteiger partial charge < -0.3 is 24.8 Å². The number of piperazine rings is 1. The van der Waals surface area contributed by atoms with Crippen LogP contribution >= 0.6 is 11.5 Å². The number of aryl methyl sites for hydroxylation is 1. The van der Waals surface area contributed by atoms with Crippen molar-refractivity contribution in [3.05, 3.63) is 5.82 Å². The summed E-state index contributed by atoms with van der Waals surface area (Å²) < 4.78 is 10.2. The van der Waals surface area contributed by atoms with Crippen LogP contribution in [0.25, 0.3) is 0 Å². The van der Waals surface area contributed by atoms with Crippen LogP contribution in [0.4, 0.5) is 5.13 Å². The molecule has 9 heteroatoms. The molecule has 0 saturated carbocycles. The number of morpholine rings is 1. The molecule has 0 aliphatic carbocycles. The van der Waals surface area contributed by atoms with E-state index >= 15 is 0 Å². The summed E-state index contributed by atoms with van der Waals surface area (Å²) in [5.41, 5.74) is 0. The van der Waals surface area contributed by atoms with Gasteiger partial charge in [0.1, 0.15) is 5.82 Å². The largest absolute Gasteiger partial charge is 0.374 e. The van der Waals surface area contributed by atoms with Gasteiger partial charge in [-0.2, -0.15) is 4.37 Å². The Hall–Kier alpha value is -1.45. The fourth-order valence-electron chi connectivity index (χ4n) is 3.15. The van der Waals surface area contributed by atoms with Gasteiger partial charge in [0.05, 0.1) is 12.7 Å². The maximum atomic E-state index is 5.82. The first-order valence-electron chi connectivity index (χ1n) is 9.03. The zero-order chi connectivity index (χ0) is 17.6. The number of likely N-dealkylation sites (N-methyl/N-ethyl adjacent to an activating group) is 1. The average Bonchev–Trinajstić information content (AvgIpc) is 3.12. The minimum atomic E-state index is 0.227. The van der Waals surface area contributed by atoms with E-state index in [0.29, 0.717) is 0 Å². The van der Waals surface area contributed by atoms with Gasteiger partial charge >= 0.3 is 0 Å². The molecule has 1 aromatic rings. The molecule has 2 saturated heterocycles. The van der Waals surface area contributed by atoms with Crippen LogP contribution in [0.3, 0.4) is 0 Å². The lowest BCUT2D eigenvalue weighted by Crippen LogP contribution is -2.54. The van der Waals surface area contributed by atoms with E-state index in [0.717, 1.165) is 75.8 Å². The third kappa shape index (κ3) is 4.80. The molecule has 0 bridgehead atoms. The second-order valence-corrected chi connectivity index (χ2v) is 7.23.